The Balaban J connectivity index is 1.56. The normalized spacial score (nSPS) is 11.2. The van der Waals surface area contributed by atoms with Gasteiger partial charge in [0.15, 0.2) is 5.16 Å². The van der Waals surface area contributed by atoms with Crippen LogP contribution in [0.1, 0.15) is 5.56 Å². The van der Waals surface area contributed by atoms with Gasteiger partial charge in [-0.15, -0.1) is 0 Å². The quantitative estimate of drug-likeness (QED) is 0.145. The van der Waals surface area contributed by atoms with Crippen LogP contribution < -0.4 is 11.0 Å². The Morgan fingerprint density at radius 1 is 1.09 bits per heavy atom. The Labute approximate surface area is 209 Å². The van der Waals surface area contributed by atoms with Crippen LogP contribution in [0, 0.1) is 0 Å². The number of aromatic nitrogens is 2. The maximum Gasteiger partial charge on any atom is 0.266 e. The number of hydrogen-bond acceptors (Lipinski definition) is 6. The van der Waals surface area contributed by atoms with E-state index in [1.54, 1.807) is 42.5 Å². The molecule has 0 atom stereocenters. The van der Waals surface area contributed by atoms with Crippen LogP contribution in [0.15, 0.2) is 90.7 Å². The number of rotatable bonds is 6. The molecule has 3 aromatic carbocycles. The van der Waals surface area contributed by atoms with Crippen LogP contribution in [-0.2, 0) is 4.79 Å². The van der Waals surface area contributed by atoms with Gasteiger partial charge in [0.05, 0.1) is 28.6 Å². The van der Waals surface area contributed by atoms with Crippen molar-refractivity contribution in [2.75, 3.05) is 5.75 Å². The van der Waals surface area contributed by atoms with Gasteiger partial charge in [0.25, 0.3) is 11.5 Å². The average Bonchev–Trinajstić information content (AvgIpc) is 2.81. The Bertz CT molecular complexity index is 1420. The van der Waals surface area contributed by atoms with Crippen LogP contribution in [0.25, 0.3) is 16.6 Å². The summed E-state index contributed by atoms with van der Waals surface area (Å²) in [6, 6.07) is 19.3. The van der Waals surface area contributed by atoms with E-state index in [9.17, 15) is 14.7 Å². The minimum atomic E-state index is -0.379. The number of carbonyl (C=O) groups is 1. The van der Waals surface area contributed by atoms with Crippen LogP contribution in [-0.4, -0.2) is 32.5 Å². The van der Waals surface area contributed by atoms with Crippen LogP contribution in [0.3, 0.4) is 0 Å². The van der Waals surface area contributed by atoms with Gasteiger partial charge in [0.2, 0.25) is 0 Å². The summed E-state index contributed by atoms with van der Waals surface area (Å²) in [5.74, 6) is -0.344. The topological polar surface area (TPSA) is 96.6 Å². The summed E-state index contributed by atoms with van der Waals surface area (Å²) in [7, 11) is 0. The molecule has 10 heteroatoms. The number of amides is 1. The molecular weight excluding hydrogens is 572 g/mol. The highest BCUT2D eigenvalue weighted by Crippen LogP contribution is 2.23. The molecule has 2 N–H and O–H groups in total. The largest absolute Gasteiger partial charge is 0.507 e. The highest BCUT2D eigenvalue weighted by Gasteiger charge is 2.14. The average molecular weight is 588 g/mol. The SMILES string of the molecule is O=C(CSc1nc2ccccc2c(=O)n1-c1ccc(Br)cc1)N/N=C\c1cc(Br)ccc1O. The number of phenols is 1. The zero-order chi connectivity index (χ0) is 23.4. The van der Waals surface area contributed by atoms with E-state index in [0.29, 0.717) is 27.3 Å². The van der Waals surface area contributed by atoms with E-state index in [1.807, 2.05) is 18.2 Å². The minimum absolute atomic E-state index is 0.0108. The molecule has 0 radical (unpaired) electrons. The second-order valence-corrected chi connectivity index (χ2v) is 9.59. The first-order valence-corrected chi connectivity index (χ1v) is 12.2. The lowest BCUT2D eigenvalue weighted by atomic mass is 10.2. The molecule has 7 nitrogen and oxygen atoms in total. The van der Waals surface area contributed by atoms with Gasteiger partial charge in [-0.2, -0.15) is 5.10 Å². The summed E-state index contributed by atoms with van der Waals surface area (Å²) in [5, 5.41) is 14.6. The van der Waals surface area contributed by atoms with Crippen LogP contribution in [0.2, 0.25) is 0 Å². The molecule has 1 amide bonds. The van der Waals surface area contributed by atoms with Crippen molar-refractivity contribution in [2.24, 2.45) is 5.10 Å². The second-order valence-electron chi connectivity index (χ2n) is 6.81. The Morgan fingerprint density at radius 3 is 2.61 bits per heavy atom. The molecule has 0 saturated carbocycles. The third-order valence-electron chi connectivity index (χ3n) is 4.54. The van der Waals surface area contributed by atoms with Crippen molar-refractivity contribution in [3.63, 3.8) is 0 Å². The first-order valence-electron chi connectivity index (χ1n) is 9.63. The number of thioether (sulfide) groups is 1. The maximum absolute atomic E-state index is 13.2. The summed E-state index contributed by atoms with van der Waals surface area (Å²) >= 11 is 7.85. The first kappa shape index (κ1) is 23.2. The number of nitrogens with zero attached hydrogens (tertiary/aromatic N) is 3. The highest BCUT2D eigenvalue weighted by molar-refractivity contribution is 9.10. The predicted octanol–water partition coefficient (Wildman–Crippen LogP) is 4.86. The summed E-state index contributed by atoms with van der Waals surface area (Å²) in [6.45, 7) is 0. The van der Waals surface area contributed by atoms with E-state index < -0.39 is 0 Å². The van der Waals surface area contributed by atoms with Crippen LogP contribution in [0.4, 0.5) is 0 Å². The van der Waals surface area contributed by atoms with Crippen molar-refractivity contribution < 1.29 is 9.90 Å². The van der Waals surface area contributed by atoms with Gasteiger partial charge in [-0.25, -0.2) is 10.4 Å². The molecule has 0 unspecified atom stereocenters. The number of para-hydroxylation sites is 1. The minimum Gasteiger partial charge on any atom is -0.507 e. The number of hydrazone groups is 1. The lowest BCUT2D eigenvalue weighted by molar-refractivity contribution is -0.118. The molecule has 0 bridgehead atoms. The zero-order valence-electron chi connectivity index (χ0n) is 16.9. The van der Waals surface area contributed by atoms with Gasteiger partial charge < -0.3 is 5.11 Å². The smallest absolute Gasteiger partial charge is 0.266 e. The van der Waals surface area contributed by atoms with Gasteiger partial charge in [0.1, 0.15) is 5.75 Å². The summed E-state index contributed by atoms with van der Waals surface area (Å²) in [6.07, 6.45) is 1.36. The Hall–Kier alpha value is -2.95. The standard InChI is InChI=1S/C23H16Br2N4O3S/c24-15-5-8-17(9-6-15)29-22(32)18-3-1-2-4-19(18)27-23(29)33-13-21(31)28-26-12-14-11-16(25)7-10-20(14)30/h1-12,30H,13H2,(H,28,31)/b26-12-. The fourth-order valence-electron chi connectivity index (χ4n) is 2.99. The second kappa shape index (κ2) is 10.3. The van der Waals surface area contributed by atoms with Crippen molar-refractivity contribution in [1.29, 1.82) is 0 Å². The Morgan fingerprint density at radius 2 is 1.82 bits per heavy atom. The third-order valence-corrected chi connectivity index (χ3v) is 6.51. The molecule has 4 rings (SSSR count). The van der Waals surface area contributed by atoms with E-state index in [1.165, 1.54) is 16.8 Å². The van der Waals surface area contributed by atoms with Crippen LogP contribution >= 0.6 is 43.6 Å². The van der Waals surface area contributed by atoms with E-state index >= 15 is 0 Å². The van der Waals surface area contributed by atoms with E-state index in [2.05, 4.69) is 47.4 Å². The fraction of sp³-hybridized carbons (Fsp3) is 0.0435. The van der Waals surface area contributed by atoms with Gasteiger partial charge in [-0.05, 0) is 54.6 Å². The predicted molar refractivity (Wildman–Crippen MR) is 137 cm³/mol. The van der Waals surface area contributed by atoms with Gasteiger partial charge in [0, 0.05) is 14.5 Å². The number of fused-ring (bicyclic) bond motifs is 1. The zero-order valence-corrected chi connectivity index (χ0v) is 20.9. The van der Waals surface area contributed by atoms with Crippen molar-refractivity contribution in [3.05, 3.63) is 91.6 Å². The van der Waals surface area contributed by atoms with E-state index in [0.717, 1.165) is 20.7 Å². The van der Waals surface area contributed by atoms with Crippen LogP contribution in [0.5, 0.6) is 5.75 Å². The lowest BCUT2D eigenvalue weighted by Crippen LogP contribution is -2.24. The summed E-state index contributed by atoms with van der Waals surface area (Å²) in [4.78, 5) is 30.2. The van der Waals surface area contributed by atoms with Gasteiger partial charge in [-0.3, -0.25) is 14.2 Å². The molecule has 0 saturated heterocycles. The monoisotopic (exact) mass is 586 g/mol. The van der Waals surface area contributed by atoms with Crippen molar-refractivity contribution in [3.8, 4) is 11.4 Å². The molecule has 0 aliphatic carbocycles. The van der Waals surface area contributed by atoms with Crippen molar-refractivity contribution >= 4 is 66.6 Å². The molecule has 1 heterocycles. The number of phenolic OH excluding ortho intramolecular Hbond substituents is 1. The molecule has 4 aromatic rings. The van der Waals surface area contributed by atoms with Gasteiger partial charge >= 0.3 is 0 Å². The number of aromatic hydroxyl groups is 1. The fourth-order valence-corrected chi connectivity index (χ4v) is 4.44. The maximum atomic E-state index is 13.2. The number of carbonyl (C=O) groups excluding carboxylic acids is 1. The number of hydrogen-bond donors (Lipinski definition) is 2. The number of benzene rings is 3. The molecule has 0 fully saturated rings. The molecule has 1 aromatic heterocycles. The first-order chi connectivity index (χ1) is 15.9. The van der Waals surface area contributed by atoms with Gasteiger partial charge in [-0.1, -0.05) is 55.8 Å². The summed E-state index contributed by atoms with van der Waals surface area (Å²) in [5.41, 5.74) is 3.87. The van der Waals surface area contributed by atoms with Crippen molar-refractivity contribution in [2.45, 2.75) is 5.16 Å². The molecular formula is C23H16Br2N4O3S. The summed E-state index contributed by atoms with van der Waals surface area (Å²) < 4.78 is 3.16. The number of nitrogens with one attached hydrogen (secondary N) is 1. The number of halogens is 2. The molecule has 0 aliphatic heterocycles. The molecule has 0 spiro atoms. The lowest BCUT2D eigenvalue weighted by Gasteiger charge is -2.13. The van der Waals surface area contributed by atoms with Crippen molar-refractivity contribution in [1.82, 2.24) is 15.0 Å². The third kappa shape index (κ3) is 5.52. The highest BCUT2D eigenvalue weighted by atomic mass is 79.9. The van der Waals surface area contributed by atoms with E-state index in [-0.39, 0.29) is 23.0 Å². The van der Waals surface area contributed by atoms with E-state index in [4.69, 9.17) is 0 Å². The molecule has 33 heavy (non-hydrogen) atoms. The molecule has 166 valence electrons. The molecule has 0 aliphatic rings. The Kier molecular flexibility index (Phi) is 7.26.